The van der Waals surface area contributed by atoms with Gasteiger partial charge in [-0.1, -0.05) is 31.5 Å². The van der Waals surface area contributed by atoms with Crippen molar-refractivity contribution in [2.75, 3.05) is 13.2 Å². The van der Waals surface area contributed by atoms with Crippen LogP contribution in [0.1, 0.15) is 32.3 Å². The van der Waals surface area contributed by atoms with Gasteiger partial charge in [-0.2, -0.15) is 5.26 Å². The molecule has 0 saturated heterocycles. The smallest absolute Gasteiger partial charge is 0.348 e. The molecule has 20 heavy (non-hydrogen) atoms. The fourth-order valence-electron chi connectivity index (χ4n) is 1.56. The minimum absolute atomic E-state index is 0.0293. The Labute approximate surface area is 119 Å². The van der Waals surface area contributed by atoms with Crippen molar-refractivity contribution in [2.24, 2.45) is 0 Å². The molecule has 0 heterocycles. The molecule has 0 fully saturated rings. The highest BCUT2D eigenvalue weighted by atomic mass is 16.5. The van der Waals surface area contributed by atoms with Crippen molar-refractivity contribution in [2.45, 2.75) is 26.7 Å². The molecule has 0 unspecified atom stereocenters. The van der Waals surface area contributed by atoms with E-state index in [4.69, 9.17) is 14.7 Å². The minimum atomic E-state index is -0.613. The van der Waals surface area contributed by atoms with Crippen LogP contribution < -0.4 is 4.74 Å². The molecule has 4 nitrogen and oxygen atoms in total. The van der Waals surface area contributed by atoms with E-state index in [1.165, 1.54) is 6.08 Å². The molecule has 0 amide bonds. The van der Waals surface area contributed by atoms with Crippen LogP contribution in [-0.2, 0) is 9.53 Å². The first kappa shape index (κ1) is 15.8. The Bertz CT molecular complexity index is 515. The van der Waals surface area contributed by atoms with Gasteiger partial charge < -0.3 is 9.47 Å². The Morgan fingerprint density at radius 3 is 2.75 bits per heavy atom. The third-order valence-electron chi connectivity index (χ3n) is 2.59. The number of benzene rings is 1. The van der Waals surface area contributed by atoms with Crippen LogP contribution in [0.4, 0.5) is 0 Å². The van der Waals surface area contributed by atoms with Crippen molar-refractivity contribution in [3.63, 3.8) is 0 Å². The van der Waals surface area contributed by atoms with E-state index in [-0.39, 0.29) is 12.2 Å². The van der Waals surface area contributed by atoms with Gasteiger partial charge in [0, 0.05) is 5.56 Å². The second kappa shape index (κ2) is 8.76. The third kappa shape index (κ3) is 4.77. The molecular formula is C16H19NO3. The molecule has 1 aromatic carbocycles. The Kier molecular flexibility index (Phi) is 6.91. The van der Waals surface area contributed by atoms with Gasteiger partial charge in [-0.25, -0.2) is 4.79 Å². The Hall–Kier alpha value is -2.28. The van der Waals surface area contributed by atoms with Crippen LogP contribution in [0.3, 0.4) is 0 Å². The quantitative estimate of drug-likeness (QED) is 0.331. The summed E-state index contributed by atoms with van der Waals surface area (Å²) in [6.07, 6.45) is 3.50. The van der Waals surface area contributed by atoms with E-state index in [0.717, 1.165) is 12.8 Å². The van der Waals surface area contributed by atoms with E-state index < -0.39 is 5.97 Å². The Morgan fingerprint density at radius 2 is 2.10 bits per heavy atom. The van der Waals surface area contributed by atoms with Crippen molar-refractivity contribution < 1.29 is 14.3 Å². The highest BCUT2D eigenvalue weighted by molar-refractivity contribution is 5.98. The van der Waals surface area contributed by atoms with Crippen LogP contribution in [0, 0.1) is 11.3 Å². The summed E-state index contributed by atoms with van der Waals surface area (Å²) in [4.78, 5) is 11.6. The fourth-order valence-corrected chi connectivity index (χ4v) is 1.56. The molecule has 0 bridgehead atoms. The number of unbranched alkanes of at least 4 members (excludes halogenated alkanes) is 1. The van der Waals surface area contributed by atoms with E-state index in [2.05, 4.69) is 6.92 Å². The molecule has 0 N–H and O–H groups in total. The number of hydrogen-bond donors (Lipinski definition) is 0. The van der Waals surface area contributed by atoms with Crippen LogP contribution in [-0.4, -0.2) is 19.2 Å². The molecule has 0 saturated carbocycles. The first-order chi connectivity index (χ1) is 9.72. The summed E-state index contributed by atoms with van der Waals surface area (Å²) in [6, 6.07) is 9.17. The monoisotopic (exact) mass is 273 g/mol. The molecule has 4 heteroatoms. The van der Waals surface area contributed by atoms with Crippen LogP contribution in [0.15, 0.2) is 29.8 Å². The van der Waals surface area contributed by atoms with Gasteiger partial charge in [-0.15, -0.1) is 0 Å². The molecule has 0 aromatic heterocycles. The van der Waals surface area contributed by atoms with Gasteiger partial charge in [0.1, 0.15) is 17.4 Å². The SMILES string of the molecule is CCCCOc1ccccc1/C=C(/C#N)C(=O)OCC. The van der Waals surface area contributed by atoms with Gasteiger partial charge in [0.15, 0.2) is 0 Å². The predicted molar refractivity (Wildman–Crippen MR) is 77.1 cm³/mol. The molecule has 0 atom stereocenters. The standard InChI is InChI=1S/C16H19NO3/c1-3-5-10-20-15-9-7-6-8-13(15)11-14(12-17)16(18)19-4-2/h6-9,11H,3-5,10H2,1-2H3/b14-11-. The normalized spacial score (nSPS) is 10.8. The number of rotatable bonds is 7. The number of nitrogens with zero attached hydrogens (tertiary/aromatic N) is 1. The molecule has 1 rings (SSSR count). The van der Waals surface area contributed by atoms with Gasteiger partial charge in [0.25, 0.3) is 0 Å². The summed E-state index contributed by atoms with van der Waals surface area (Å²) in [6.45, 7) is 4.65. The van der Waals surface area contributed by atoms with Crippen LogP contribution in [0.2, 0.25) is 0 Å². The highest BCUT2D eigenvalue weighted by Crippen LogP contribution is 2.21. The number of nitriles is 1. The van der Waals surface area contributed by atoms with Gasteiger partial charge in [0.2, 0.25) is 0 Å². The predicted octanol–water partition coefficient (Wildman–Crippen LogP) is 3.34. The van der Waals surface area contributed by atoms with E-state index >= 15 is 0 Å². The number of ether oxygens (including phenoxy) is 2. The molecule has 106 valence electrons. The lowest BCUT2D eigenvalue weighted by Crippen LogP contribution is -2.06. The summed E-state index contributed by atoms with van der Waals surface area (Å²) in [7, 11) is 0. The zero-order valence-electron chi connectivity index (χ0n) is 11.9. The Morgan fingerprint density at radius 1 is 1.35 bits per heavy atom. The van der Waals surface area contributed by atoms with Gasteiger partial charge in [0.05, 0.1) is 13.2 Å². The zero-order valence-corrected chi connectivity index (χ0v) is 11.9. The second-order valence-electron chi connectivity index (χ2n) is 4.13. The maximum atomic E-state index is 11.6. The molecule has 0 radical (unpaired) electrons. The number of carbonyl (C=O) groups is 1. The van der Waals surface area contributed by atoms with Crippen molar-refractivity contribution in [1.29, 1.82) is 5.26 Å². The molecule has 0 aliphatic rings. The fraction of sp³-hybridized carbons (Fsp3) is 0.375. The summed E-state index contributed by atoms with van der Waals surface area (Å²) < 4.78 is 10.5. The number of carbonyl (C=O) groups excluding carboxylic acids is 1. The van der Waals surface area contributed by atoms with Gasteiger partial charge in [-0.3, -0.25) is 0 Å². The summed E-state index contributed by atoms with van der Waals surface area (Å²) in [5.74, 6) is 0.0522. The second-order valence-corrected chi connectivity index (χ2v) is 4.13. The maximum Gasteiger partial charge on any atom is 0.348 e. The molecule has 0 spiro atoms. The summed E-state index contributed by atoms with van der Waals surface area (Å²) in [5, 5.41) is 9.03. The molecule has 0 aliphatic carbocycles. The van der Waals surface area contributed by atoms with Crippen molar-refractivity contribution >= 4 is 12.0 Å². The minimum Gasteiger partial charge on any atom is -0.493 e. The number of esters is 1. The van der Waals surface area contributed by atoms with Crippen molar-refractivity contribution in [1.82, 2.24) is 0 Å². The van der Waals surface area contributed by atoms with E-state index in [1.807, 2.05) is 24.3 Å². The molecular weight excluding hydrogens is 254 g/mol. The van der Waals surface area contributed by atoms with Crippen molar-refractivity contribution in [3.05, 3.63) is 35.4 Å². The van der Waals surface area contributed by atoms with Gasteiger partial charge >= 0.3 is 5.97 Å². The van der Waals surface area contributed by atoms with Crippen LogP contribution in [0.5, 0.6) is 5.75 Å². The summed E-state index contributed by atoms with van der Waals surface area (Å²) in [5.41, 5.74) is 0.673. The van der Waals surface area contributed by atoms with Crippen molar-refractivity contribution in [3.8, 4) is 11.8 Å². The maximum absolute atomic E-state index is 11.6. The average molecular weight is 273 g/mol. The average Bonchev–Trinajstić information content (AvgIpc) is 2.46. The molecule has 1 aromatic rings. The lowest BCUT2D eigenvalue weighted by Gasteiger charge is -2.08. The lowest BCUT2D eigenvalue weighted by molar-refractivity contribution is -0.137. The zero-order chi connectivity index (χ0) is 14.8. The van der Waals surface area contributed by atoms with Crippen LogP contribution >= 0.6 is 0 Å². The largest absolute Gasteiger partial charge is 0.493 e. The lowest BCUT2D eigenvalue weighted by atomic mass is 10.1. The Balaban J connectivity index is 2.94. The topological polar surface area (TPSA) is 59.3 Å². The van der Waals surface area contributed by atoms with E-state index in [1.54, 1.807) is 13.0 Å². The first-order valence-corrected chi connectivity index (χ1v) is 6.73. The van der Waals surface area contributed by atoms with E-state index in [0.29, 0.717) is 17.9 Å². The molecule has 0 aliphatic heterocycles. The van der Waals surface area contributed by atoms with Crippen LogP contribution in [0.25, 0.3) is 6.08 Å². The van der Waals surface area contributed by atoms with E-state index in [9.17, 15) is 4.79 Å². The highest BCUT2D eigenvalue weighted by Gasteiger charge is 2.11. The summed E-state index contributed by atoms with van der Waals surface area (Å²) >= 11 is 0. The number of para-hydroxylation sites is 1. The number of hydrogen-bond acceptors (Lipinski definition) is 4. The first-order valence-electron chi connectivity index (χ1n) is 6.73. The van der Waals surface area contributed by atoms with Gasteiger partial charge in [-0.05, 0) is 25.5 Å². The third-order valence-corrected chi connectivity index (χ3v) is 2.59.